The molecular formula is C25H27F2N3O4S. The van der Waals surface area contributed by atoms with E-state index in [1.807, 2.05) is 13.0 Å². The second-order valence-corrected chi connectivity index (χ2v) is 11.6. The number of aromatic nitrogens is 1. The van der Waals surface area contributed by atoms with Gasteiger partial charge in [-0.3, -0.25) is 14.8 Å². The number of ketones is 1. The summed E-state index contributed by atoms with van der Waals surface area (Å²) in [6.07, 6.45) is 3.70. The molecular weight excluding hydrogens is 476 g/mol. The zero-order chi connectivity index (χ0) is 25.0. The average Bonchev–Trinajstić information content (AvgIpc) is 3.27. The molecule has 2 aromatic rings. The van der Waals surface area contributed by atoms with Crippen LogP contribution in [0.5, 0.6) is 0 Å². The van der Waals surface area contributed by atoms with E-state index in [9.17, 15) is 22.0 Å². The number of carbonyl (C=O) groups is 1. The number of hydrogen-bond acceptors (Lipinski definition) is 7. The van der Waals surface area contributed by atoms with Crippen LogP contribution in [0.1, 0.15) is 55.7 Å². The number of carbonyl (C=O) groups excluding carboxylic acids is 1. The van der Waals surface area contributed by atoms with E-state index in [1.165, 1.54) is 0 Å². The van der Waals surface area contributed by atoms with Crippen molar-refractivity contribution in [3.63, 3.8) is 0 Å². The normalized spacial score (nSPS) is 22.9. The highest BCUT2D eigenvalue weighted by molar-refractivity contribution is 7.90. The lowest BCUT2D eigenvalue weighted by molar-refractivity contribution is -0.121. The number of halogens is 2. The number of nitrogens with zero attached hydrogens (tertiary/aromatic N) is 2. The van der Waals surface area contributed by atoms with Crippen molar-refractivity contribution in [3.8, 4) is 0 Å². The molecule has 1 aromatic carbocycles. The first-order valence-corrected chi connectivity index (χ1v) is 13.6. The third-order valence-corrected chi connectivity index (χ3v) is 7.78. The minimum absolute atomic E-state index is 0.128. The zero-order valence-electron chi connectivity index (χ0n) is 19.6. The maximum atomic E-state index is 13.4. The van der Waals surface area contributed by atoms with Gasteiger partial charge < -0.3 is 10.1 Å². The fraction of sp³-hybridized carbons (Fsp3) is 0.480. The van der Waals surface area contributed by atoms with Gasteiger partial charge in [-0.25, -0.2) is 17.2 Å². The Balaban J connectivity index is 1.49. The predicted molar refractivity (Wildman–Crippen MR) is 128 cm³/mol. The van der Waals surface area contributed by atoms with Crippen molar-refractivity contribution in [2.45, 2.75) is 62.4 Å². The van der Waals surface area contributed by atoms with Crippen molar-refractivity contribution in [1.82, 2.24) is 4.98 Å². The number of ether oxygens (including phenoxy) is 1. The predicted octanol–water partition coefficient (Wildman–Crippen LogP) is 4.89. The number of pyridine rings is 1. The van der Waals surface area contributed by atoms with Gasteiger partial charge in [0, 0.05) is 37.8 Å². The fourth-order valence-electron chi connectivity index (χ4n) is 4.72. The SMILES string of the molecule is CC1=Nc2c(Nc3ccc([C@H]4CCCCO4)cc3S(C)(=O)=O)cc(CC(=O)[C@H]3CC3(F)F)nc2C1. The number of fused-ring (bicyclic) bond motifs is 1. The minimum Gasteiger partial charge on any atom is -0.374 e. The number of anilines is 2. The number of nitrogens with one attached hydrogen (secondary N) is 1. The molecule has 1 saturated heterocycles. The molecule has 1 aromatic heterocycles. The van der Waals surface area contributed by atoms with Gasteiger partial charge in [0.1, 0.15) is 11.5 Å². The van der Waals surface area contributed by atoms with Crippen LogP contribution in [0.4, 0.5) is 25.8 Å². The zero-order valence-corrected chi connectivity index (χ0v) is 20.4. The highest BCUT2D eigenvalue weighted by atomic mass is 32.2. The third-order valence-electron chi connectivity index (χ3n) is 6.64. The number of Topliss-reactive ketones (excluding diaryl/α,β-unsaturated/α-hetero) is 1. The summed E-state index contributed by atoms with van der Waals surface area (Å²) in [7, 11) is -3.59. The van der Waals surface area contributed by atoms with Crippen molar-refractivity contribution in [3.05, 3.63) is 41.2 Å². The van der Waals surface area contributed by atoms with Crippen molar-refractivity contribution in [2.24, 2.45) is 10.9 Å². The summed E-state index contributed by atoms with van der Waals surface area (Å²) in [6, 6.07) is 6.80. The van der Waals surface area contributed by atoms with Gasteiger partial charge in [-0.2, -0.15) is 0 Å². The maximum Gasteiger partial charge on any atom is 0.258 e. The van der Waals surface area contributed by atoms with Gasteiger partial charge in [-0.15, -0.1) is 0 Å². The number of rotatable bonds is 7. The molecule has 3 heterocycles. The van der Waals surface area contributed by atoms with Crippen LogP contribution >= 0.6 is 0 Å². The quantitative estimate of drug-likeness (QED) is 0.578. The fourth-order valence-corrected chi connectivity index (χ4v) is 5.59. The van der Waals surface area contributed by atoms with Crippen molar-refractivity contribution in [2.75, 3.05) is 18.2 Å². The van der Waals surface area contributed by atoms with Crippen molar-refractivity contribution < 1.29 is 26.7 Å². The molecule has 0 unspecified atom stereocenters. The summed E-state index contributed by atoms with van der Waals surface area (Å²) in [5, 5.41) is 3.18. The molecule has 2 atom stereocenters. The molecule has 2 fully saturated rings. The van der Waals surface area contributed by atoms with E-state index < -0.39 is 33.9 Å². The molecule has 35 heavy (non-hydrogen) atoms. The molecule has 0 radical (unpaired) electrons. The Labute approximate surface area is 202 Å². The van der Waals surface area contributed by atoms with E-state index in [-0.39, 0.29) is 17.4 Å². The molecule has 1 saturated carbocycles. The number of benzene rings is 1. The Morgan fingerprint density at radius 3 is 2.66 bits per heavy atom. The Morgan fingerprint density at radius 2 is 2.00 bits per heavy atom. The Bertz CT molecular complexity index is 1330. The van der Waals surface area contributed by atoms with Crippen molar-refractivity contribution >= 4 is 38.4 Å². The van der Waals surface area contributed by atoms with Crippen LogP contribution in [0.15, 0.2) is 34.2 Å². The van der Waals surface area contributed by atoms with Crippen molar-refractivity contribution in [1.29, 1.82) is 0 Å². The molecule has 1 aliphatic carbocycles. The topological polar surface area (TPSA) is 97.7 Å². The summed E-state index contributed by atoms with van der Waals surface area (Å²) >= 11 is 0. The van der Waals surface area contributed by atoms with Crippen LogP contribution in [-0.4, -0.2) is 43.7 Å². The summed E-state index contributed by atoms with van der Waals surface area (Å²) in [5.74, 6) is -4.72. The Morgan fingerprint density at radius 1 is 1.23 bits per heavy atom. The molecule has 3 aliphatic rings. The van der Waals surface area contributed by atoms with Gasteiger partial charge >= 0.3 is 0 Å². The van der Waals surface area contributed by atoms with Gasteiger partial charge in [-0.1, -0.05) is 6.07 Å². The van der Waals surface area contributed by atoms with E-state index >= 15 is 0 Å². The Kier molecular flexibility index (Phi) is 5.99. The first kappa shape index (κ1) is 24.0. The first-order chi connectivity index (χ1) is 16.5. The van der Waals surface area contributed by atoms with Gasteiger partial charge in [0.05, 0.1) is 39.7 Å². The van der Waals surface area contributed by atoms with Gasteiger partial charge in [-0.05, 0) is 49.9 Å². The first-order valence-electron chi connectivity index (χ1n) is 11.7. The lowest BCUT2D eigenvalue weighted by atomic mass is 10.0. The summed E-state index contributed by atoms with van der Waals surface area (Å²) in [5.41, 5.74) is 4.04. The van der Waals surface area contributed by atoms with E-state index in [2.05, 4.69) is 15.3 Å². The summed E-state index contributed by atoms with van der Waals surface area (Å²) in [6.45, 7) is 2.50. The molecule has 0 bridgehead atoms. The van der Waals surface area contributed by atoms with Gasteiger partial charge in [0.2, 0.25) is 0 Å². The summed E-state index contributed by atoms with van der Waals surface area (Å²) < 4.78 is 57.9. The van der Waals surface area contributed by atoms with Crippen LogP contribution in [0.2, 0.25) is 0 Å². The minimum atomic E-state index is -3.59. The maximum absolute atomic E-state index is 13.4. The van der Waals surface area contributed by atoms with Gasteiger partial charge in [0.15, 0.2) is 9.84 Å². The van der Waals surface area contributed by atoms with Crippen LogP contribution in [-0.2, 0) is 32.2 Å². The molecule has 10 heteroatoms. The smallest absolute Gasteiger partial charge is 0.258 e. The van der Waals surface area contributed by atoms with E-state index in [1.54, 1.807) is 18.2 Å². The van der Waals surface area contributed by atoms with Gasteiger partial charge in [0.25, 0.3) is 5.92 Å². The molecule has 0 amide bonds. The molecule has 2 aliphatic heterocycles. The van der Waals surface area contributed by atoms with Crippen LogP contribution < -0.4 is 5.32 Å². The largest absolute Gasteiger partial charge is 0.374 e. The van der Waals surface area contributed by atoms with Crippen LogP contribution in [0.25, 0.3) is 0 Å². The lowest BCUT2D eigenvalue weighted by Gasteiger charge is -2.24. The van der Waals surface area contributed by atoms with Crippen LogP contribution in [0.3, 0.4) is 0 Å². The van der Waals surface area contributed by atoms with E-state index in [0.717, 1.165) is 36.8 Å². The van der Waals surface area contributed by atoms with E-state index in [4.69, 9.17) is 4.74 Å². The van der Waals surface area contributed by atoms with Crippen LogP contribution in [0, 0.1) is 5.92 Å². The third kappa shape index (κ3) is 4.99. The highest BCUT2D eigenvalue weighted by Crippen LogP contribution is 2.49. The standard InChI is InChI=1S/C25H27F2N3O4S/c1-14-9-19-24(28-14)20(11-16(29-19)12-21(31)17-13-25(17,26)27)30-18-7-6-15(10-23(18)35(2,32)33)22-5-3-4-8-34-22/h6-7,10-11,17,22H,3-5,8-9,12-13H2,1-2H3,(H,29,30)/t17-,22-/m1/s1. The molecule has 186 valence electrons. The monoisotopic (exact) mass is 503 g/mol. The molecule has 1 N–H and O–H groups in total. The highest BCUT2D eigenvalue weighted by Gasteiger charge is 2.60. The Hall–Kier alpha value is -2.72. The molecule has 5 rings (SSSR count). The number of alkyl halides is 2. The molecule has 7 nitrogen and oxygen atoms in total. The lowest BCUT2D eigenvalue weighted by Crippen LogP contribution is -2.13. The number of aliphatic imine (C=N–C) groups is 1. The summed E-state index contributed by atoms with van der Waals surface area (Å²) in [4.78, 5) is 21.5. The number of hydrogen-bond donors (Lipinski definition) is 1. The number of sulfone groups is 1. The molecule has 0 spiro atoms. The van der Waals surface area contributed by atoms with E-state index in [0.29, 0.717) is 41.5 Å². The second-order valence-electron chi connectivity index (χ2n) is 9.65. The second kappa shape index (κ2) is 8.74. The average molecular weight is 504 g/mol.